The van der Waals surface area contributed by atoms with E-state index in [9.17, 15) is 4.79 Å². The van der Waals surface area contributed by atoms with Gasteiger partial charge in [0, 0.05) is 4.47 Å². The Hall–Kier alpha value is -3.12. The molecule has 3 rings (SSSR count). The Morgan fingerprint density at radius 3 is 2.45 bits per heavy atom. The second-order valence-electron chi connectivity index (χ2n) is 6.28. The third-order valence-corrected chi connectivity index (χ3v) is 4.75. The van der Waals surface area contributed by atoms with Crippen LogP contribution in [0.5, 0.6) is 11.5 Å². The van der Waals surface area contributed by atoms with E-state index in [1.54, 1.807) is 19.2 Å². The molecule has 0 radical (unpaired) electrons. The summed E-state index contributed by atoms with van der Waals surface area (Å²) in [5, 5.41) is 4.22. The number of methoxy groups -OCH3 is 1. The summed E-state index contributed by atoms with van der Waals surface area (Å²) in [6.07, 6.45) is 0. The van der Waals surface area contributed by atoms with Crippen molar-refractivity contribution in [2.45, 2.75) is 13.5 Å². The Kier molecular flexibility index (Phi) is 7.03. The second kappa shape index (κ2) is 9.89. The van der Waals surface area contributed by atoms with Crippen LogP contribution < -0.4 is 14.9 Å². The first kappa shape index (κ1) is 20.6. The Morgan fingerprint density at radius 2 is 1.76 bits per heavy atom. The van der Waals surface area contributed by atoms with Crippen molar-refractivity contribution in [3.63, 3.8) is 0 Å². The molecule has 0 aliphatic heterocycles. The van der Waals surface area contributed by atoms with Gasteiger partial charge in [0.15, 0.2) is 0 Å². The smallest absolute Gasteiger partial charge is 0.275 e. The molecule has 0 aromatic heterocycles. The van der Waals surface area contributed by atoms with Crippen molar-refractivity contribution in [3.05, 3.63) is 94.0 Å². The number of carbonyl (C=O) groups excluding carboxylic acids is 1. The van der Waals surface area contributed by atoms with Crippen molar-refractivity contribution >= 4 is 27.5 Å². The minimum absolute atomic E-state index is 0.345. The van der Waals surface area contributed by atoms with E-state index in [0.717, 1.165) is 21.3 Å². The number of carbonyl (C=O) groups is 1. The highest BCUT2D eigenvalue weighted by Gasteiger charge is 2.13. The lowest BCUT2D eigenvalue weighted by atomic mass is 10.1. The van der Waals surface area contributed by atoms with Crippen LogP contribution in [0.4, 0.5) is 0 Å². The predicted octanol–water partition coefficient (Wildman–Crippen LogP) is 5.19. The van der Waals surface area contributed by atoms with Gasteiger partial charge in [0.25, 0.3) is 5.91 Å². The van der Waals surface area contributed by atoms with Crippen molar-refractivity contribution in [2.24, 2.45) is 5.10 Å². The topological polar surface area (TPSA) is 59.9 Å². The summed E-state index contributed by atoms with van der Waals surface area (Å²) in [4.78, 5) is 12.7. The van der Waals surface area contributed by atoms with Crippen molar-refractivity contribution in [1.29, 1.82) is 0 Å². The SMILES string of the molecule is COc1ccc(C(C)=NNC(=O)c2cc(Br)ccc2OCc2ccccc2)cc1. The van der Waals surface area contributed by atoms with E-state index in [4.69, 9.17) is 9.47 Å². The third kappa shape index (κ3) is 5.68. The molecule has 1 amide bonds. The molecule has 0 fully saturated rings. The average Bonchev–Trinajstić information content (AvgIpc) is 2.77. The quantitative estimate of drug-likeness (QED) is 0.396. The molecule has 0 bridgehead atoms. The number of hydrazone groups is 1. The molecule has 3 aromatic rings. The number of ether oxygens (including phenoxy) is 2. The van der Waals surface area contributed by atoms with Crippen LogP contribution in [0.25, 0.3) is 0 Å². The molecule has 0 saturated heterocycles. The van der Waals surface area contributed by atoms with Crippen LogP contribution in [0.3, 0.4) is 0 Å². The monoisotopic (exact) mass is 452 g/mol. The molecule has 5 nitrogen and oxygen atoms in total. The van der Waals surface area contributed by atoms with Gasteiger partial charge in [-0.05, 0) is 60.5 Å². The number of hydrogen-bond donors (Lipinski definition) is 1. The lowest BCUT2D eigenvalue weighted by molar-refractivity contribution is 0.0950. The van der Waals surface area contributed by atoms with E-state index in [-0.39, 0.29) is 5.91 Å². The van der Waals surface area contributed by atoms with Crippen LogP contribution >= 0.6 is 15.9 Å². The maximum Gasteiger partial charge on any atom is 0.275 e. The Bertz CT molecular complexity index is 1000. The summed E-state index contributed by atoms with van der Waals surface area (Å²) >= 11 is 3.41. The molecular weight excluding hydrogens is 432 g/mol. The van der Waals surface area contributed by atoms with Crippen molar-refractivity contribution in [3.8, 4) is 11.5 Å². The van der Waals surface area contributed by atoms with Crippen LogP contribution in [0.15, 0.2) is 82.4 Å². The van der Waals surface area contributed by atoms with Crippen molar-refractivity contribution in [2.75, 3.05) is 7.11 Å². The van der Waals surface area contributed by atoms with Gasteiger partial charge in [0.05, 0.1) is 18.4 Å². The van der Waals surface area contributed by atoms with Gasteiger partial charge in [-0.2, -0.15) is 5.10 Å². The molecule has 3 aromatic carbocycles. The van der Waals surface area contributed by atoms with E-state index in [2.05, 4.69) is 26.5 Å². The Labute approximate surface area is 178 Å². The maximum absolute atomic E-state index is 12.7. The first-order valence-corrected chi connectivity index (χ1v) is 9.81. The van der Waals surface area contributed by atoms with Gasteiger partial charge in [-0.1, -0.05) is 46.3 Å². The highest BCUT2D eigenvalue weighted by Crippen LogP contribution is 2.24. The number of rotatable bonds is 7. The van der Waals surface area contributed by atoms with Crippen LogP contribution in [-0.2, 0) is 6.61 Å². The zero-order valence-corrected chi connectivity index (χ0v) is 17.8. The molecule has 0 atom stereocenters. The predicted molar refractivity (Wildman–Crippen MR) is 118 cm³/mol. The normalized spacial score (nSPS) is 11.1. The Morgan fingerprint density at radius 1 is 1.03 bits per heavy atom. The van der Waals surface area contributed by atoms with Gasteiger partial charge < -0.3 is 9.47 Å². The average molecular weight is 453 g/mol. The number of nitrogens with zero attached hydrogens (tertiary/aromatic N) is 1. The summed E-state index contributed by atoms with van der Waals surface area (Å²) in [5.74, 6) is 0.911. The maximum atomic E-state index is 12.7. The number of hydrogen-bond acceptors (Lipinski definition) is 4. The molecule has 0 spiro atoms. The molecule has 29 heavy (non-hydrogen) atoms. The number of nitrogens with one attached hydrogen (secondary N) is 1. The van der Waals surface area contributed by atoms with Gasteiger partial charge in [0.1, 0.15) is 18.1 Å². The molecule has 0 aliphatic carbocycles. The van der Waals surface area contributed by atoms with Crippen LogP contribution in [0.2, 0.25) is 0 Å². The first-order valence-electron chi connectivity index (χ1n) is 9.02. The zero-order chi connectivity index (χ0) is 20.6. The summed E-state index contributed by atoms with van der Waals surface area (Å²) in [5.41, 5.74) is 5.61. The number of amides is 1. The second-order valence-corrected chi connectivity index (χ2v) is 7.20. The van der Waals surface area contributed by atoms with Crippen LogP contribution in [-0.4, -0.2) is 18.7 Å². The Balaban J connectivity index is 1.72. The molecule has 1 N–H and O–H groups in total. The van der Waals surface area contributed by atoms with E-state index >= 15 is 0 Å². The highest BCUT2D eigenvalue weighted by atomic mass is 79.9. The van der Waals surface area contributed by atoms with Crippen LogP contribution in [0.1, 0.15) is 28.4 Å². The molecular formula is C23H21BrN2O3. The third-order valence-electron chi connectivity index (χ3n) is 4.26. The molecule has 0 aliphatic rings. The van der Waals surface area contributed by atoms with E-state index < -0.39 is 0 Å². The van der Waals surface area contributed by atoms with E-state index in [0.29, 0.717) is 23.6 Å². The molecule has 0 heterocycles. The molecule has 0 unspecified atom stereocenters. The first-order chi connectivity index (χ1) is 14.1. The van der Waals surface area contributed by atoms with E-state index in [1.165, 1.54) is 0 Å². The summed E-state index contributed by atoms with van der Waals surface area (Å²) in [6.45, 7) is 2.20. The van der Waals surface area contributed by atoms with Gasteiger partial charge in [-0.25, -0.2) is 5.43 Å². The number of halogens is 1. The lowest BCUT2D eigenvalue weighted by Crippen LogP contribution is -2.20. The van der Waals surface area contributed by atoms with Crippen molar-refractivity contribution < 1.29 is 14.3 Å². The summed E-state index contributed by atoms with van der Waals surface area (Å²) < 4.78 is 11.8. The highest BCUT2D eigenvalue weighted by molar-refractivity contribution is 9.10. The fraction of sp³-hybridized carbons (Fsp3) is 0.130. The standard InChI is InChI=1S/C23H21BrN2O3/c1-16(18-8-11-20(28-2)12-9-18)25-26-23(27)21-14-19(24)10-13-22(21)29-15-17-6-4-3-5-7-17/h3-14H,15H2,1-2H3,(H,26,27). The van der Waals surface area contributed by atoms with Crippen LogP contribution in [0, 0.1) is 0 Å². The lowest BCUT2D eigenvalue weighted by Gasteiger charge is -2.11. The van der Waals surface area contributed by atoms with Gasteiger partial charge in [-0.15, -0.1) is 0 Å². The molecule has 0 saturated carbocycles. The summed E-state index contributed by atoms with van der Waals surface area (Å²) in [6, 6.07) is 22.6. The fourth-order valence-electron chi connectivity index (χ4n) is 2.63. The molecule has 6 heteroatoms. The van der Waals surface area contributed by atoms with Gasteiger partial charge in [0.2, 0.25) is 0 Å². The minimum Gasteiger partial charge on any atom is -0.497 e. The minimum atomic E-state index is -0.345. The van der Waals surface area contributed by atoms with Gasteiger partial charge in [-0.3, -0.25) is 4.79 Å². The fourth-order valence-corrected chi connectivity index (χ4v) is 2.99. The van der Waals surface area contributed by atoms with Gasteiger partial charge >= 0.3 is 0 Å². The summed E-state index contributed by atoms with van der Waals surface area (Å²) in [7, 11) is 1.62. The number of benzene rings is 3. The zero-order valence-electron chi connectivity index (χ0n) is 16.2. The van der Waals surface area contributed by atoms with E-state index in [1.807, 2.05) is 67.6 Å². The van der Waals surface area contributed by atoms with Crippen molar-refractivity contribution in [1.82, 2.24) is 5.43 Å². The molecule has 148 valence electrons. The largest absolute Gasteiger partial charge is 0.497 e.